The van der Waals surface area contributed by atoms with Gasteiger partial charge >= 0.3 is 0 Å². The third-order valence-corrected chi connectivity index (χ3v) is 4.49. The molecule has 0 aromatic carbocycles. The van der Waals surface area contributed by atoms with E-state index in [4.69, 9.17) is 4.74 Å². The van der Waals surface area contributed by atoms with Crippen molar-refractivity contribution in [3.63, 3.8) is 0 Å². The summed E-state index contributed by atoms with van der Waals surface area (Å²) in [5, 5.41) is 7.50. The van der Waals surface area contributed by atoms with Crippen LogP contribution in [0.15, 0.2) is 6.07 Å². The van der Waals surface area contributed by atoms with Crippen LogP contribution in [0.4, 0.5) is 0 Å². The van der Waals surface area contributed by atoms with Crippen LogP contribution in [0.3, 0.4) is 0 Å². The van der Waals surface area contributed by atoms with Crippen LogP contribution in [0.5, 0.6) is 0 Å². The number of aromatic nitrogens is 4. The van der Waals surface area contributed by atoms with Gasteiger partial charge in [-0.3, -0.25) is 4.79 Å². The zero-order valence-corrected chi connectivity index (χ0v) is 15.3. The van der Waals surface area contributed by atoms with E-state index in [2.05, 4.69) is 20.4 Å². The lowest BCUT2D eigenvalue weighted by molar-refractivity contribution is -0.120. The van der Waals surface area contributed by atoms with E-state index in [0.717, 1.165) is 47.8 Å². The van der Waals surface area contributed by atoms with E-state index in [9.17, 15) is 4.79 Å². The molecule has 1 atom stereocenters. The van der Waals surface area contributed by atoms with E-state index in [1.165, 1.54) is 0 Å². The van der Waals surface area contributed by atoms with Crippen molar-refractivity contribution in [3.05, 3.63) is 34.4 Å². The molecule has 1 fully saturated rings. The first kappa shape index (κ1) is 17.5. The first-order valence-electron chi connectivity index (χ1n) is 8.70. The van der Waals surface area contributed by atoms with Crippen molar-refractivity contribution in [3.8, 4) is 5.95 Å². The molecule has 3 heterocycles. The predicted octanol–water partition coefficient (Wildman–Crippen LogP) is 1.73. The molecule has 25 heavy (non-hydrogen) atoms. The molecule has 0 bridgehead atoms. The SMILES string of the molecule is Cc1cc(C)nc(-n2nc(C)c(CC(=O)NCC3CCCO3)c2C)n1. The molecule has 134 valence electrons. The van der Waals surface area contributed by atoms with Gasteiger partial charge in [0.2, 0.25) is 5.91 Å². The number of nitrogens with one attached hydrogen (secondary N) is 1. The van der Waals surface area contributed by atoms with Crippen LogP contribution in [0, 0.1) is 27.7 Å². The molecule has 7 heteroatoms. The van der Waals surface area contributed by atoms with Gasteiger partial charge in [0.05, 0.1) is 18.2 Å². The van der Waals surface area contributed by atoms with Gasteiger partial charge in [0, 0.05) is 35.8 Å². The number of hydrogen-bond donors (Lipinski definition) is 1. The number of carbonyl (C=O) groups excluding carboxylic acids is 1. The monoisotopic (exact) mass is 343 g/mol. The minimum absolute atomic E-state index is 0.0115. The summed E-state index contributed by atoms with van der Waals surface area (Å²) in [7, 11) is 0. The van der Waals surface area contributed by atoms with Crippen LogP contribution in [0.2, 0.25) is 0 Å². The van der Waals surface area contributed by atoms with Crippen molar-refractivity contribution >= 4 is 5.91 Å². The van der Waals surface area contributed by atoms with Gasteiger partial charge in [-0.1, -0.05) is 0 Å². The van der Waals surface area contributed by atoms with E-state index >= 15 is 0 Å². The number of ether oxygens (including phenoxy) is 1. The summed E-state index contributed by atoms with van der Waals surface area (Å²) in [6.45, 7) is 9.10. The summed E-state index contributed by atoms with van der Waals surface area (Å²) in [5.41, 5.74) is 4.44. The lowest BCUT2D eigenvalue weighted by atomic mass is 10.1. The number of nitrogens with zero attached hydrogens (tertiary/aromatic N) is 4. The molecule has 1 unspecified atom stereocenters. The molecule has 0 saturated carbocycles. The highest BCUT2D eigenvalue weighted by Gasteiger charge is 2.19. The molecule has 3 rings (SSSR count). The summed E-state index contributed by atoms with van der Waals surface area (Å²) >= 11 is 0. The van der Waals surface area contributed by atoms with Gasteiger partial charge in [-0.05, 0) is 46.6 Å². The number of rotatable bonds is 5. The largest absolute Gasteiger partial charge is 0.376 e. The molecule has 2 aromatic heterocycles. The summed E-state index contributed by atoms with van der Waals surface area (Å²) in [6.07, 6.45) is 2.54. The minimum atomic E-state index is -0.0115. The molecule has 1 aliphatic rings. The molecule has 1 aliphatic heterocycles. The predicted molar refractivity (Wildman–Crippen MR) is 93.8 cm³/mol. The Labute approximate surface area is 147 Å². The highest BCUT2D eigenvalue weighted by atomic mass is 16.5. The van der Waals surface area contributed by atoms with Crippen molar-refractivity contribution in [1.29, 1.82) is 0 Å². The topological polar surface area (TPSA) is 81.9 Å². The fraction of sp³-hybridized carbons (Fsp3) is 0.556. The molecule has 0 aliphatic carbocycles. The van der Waals surface area contributed by atoms with E-state index < -0.39 is 0 Å². The Morgan fingerprint density at radius 2 is 2.00 bits per heavy atom. The molecule has 1 N–H and O–H groups in total. The fourth-order valence-electron chi connectivity index (χ4n) is 3.18. The summed E-state index contributed by atoms with van der Waals surface area (Å²) in [6, 6.07) is 1.93. The normalized spacial score (nSPS) is 17.0. The van der Waals surface area contributed by atoms with Crippen LogP contribution in [0.1, 0.15) is 41.2 Å². The van der Waals surface area contributed by atoms with E-state index in [1.54, 1.807) is 4.68 Å². The molecule has 7 nitrogen and oxygen atoms in total. The molecule has 2 aromatic rings. The minimum Gasteiger partial charge on any atom is -0.376 e. The van der Waals surface area contributed by atoms with E-state index in [-0.39, 0.29) is 12.0 Å². The number of hydrogen-bond acceptors (Lipinski definition) is 5. The Balaban J connectivity index is 1.74. The van der Waals surface area contributed by atoms with Crippen molar-refractivity contribution in [1.82, 2.24) is 25.1 Å². The second kappa shape index (κ2) is 7.31. The van der Waals surface area contributed by atoms with Gasteiger partial charge in [-0.25, -0.2) is 14.6 Å². The van der Waals surface area contributed by atoms with Crippen molar-refractivity contribution in [2.24, 2.45) is 0 Å². The maximum Gasteiger partial charge on any atom is 0.251 e. The molecule has 1 saturated heterocycles. The summed E-state index contributed by atoms with van der Waals surface area (Å²) < 4.78 is 7.26. The standard InChI is InChI=1S/C18H25N5O2/c1-11-8-12(2)21-18(20-11)23-14(4)16(13(3)22-23)9-17(24)19-10-15-6-5-7-25-15/h8,15H,5-7,9-10H2,1-4H3,(H,19,24). The van der Waals surface area contributed by atoms with Crippen molar-refractivity contribution in [2.45, 2.75) is 53.1 Å². The Bertz CT molecular complexity index is 758. The fourth-order valence-corrected chi connectivity index (χ4v) is 3.18. The van der Waals surface area contributed by atoms with Crippen LogP contribution >= 0.6 is 0 Å². The van der Waals surface area contributed by atoms with Crippen LogP contribution < -0.4 is 5.32 Å². The van der Waals surface area contributed by atoms with Crippen molar-refractivity contribution < 1.29 is 9.53 Å². The Hall–Kier alpha value is -2.28. The smallest absolute Gasteiger partial charge is 0.251 e. The highest BCUT2D eigenvalue weighted by Crippen LogP contribution is 2.17. The zero-order chi connectivity index (χ0) is 18.0. The van der Waals surface area contributed by atoms with Gasteiger partial charge in [0.1, 0.15) is 0 Å². The number of amides is 1. The second-order valence-corrected chi connectivity index (χ2v) is 6.63. The third-order valence-electron chi connectivity index (χ3n) is 4.49. The third kappa shape index (κ3) is 4.04. The summed E-state index contributed by atoms with van der Waals surface area (Å²) in [5.74, 6) is 0.534. The quantitative estimate of drug-likeness (QED) is 0.894. The average Bonchev–Trinajstić information content (AvgIpc) is 3.15. The van der Waals surface area contributed by atoms with Gasteiger partial charge in [-0.2, -0.15) is 5.10 Å². The van der Waals surface area contributed by atoms with Crippen LogP contribution in [-0.2, 0) is 16.0 Å². The molecular weight excluding hydrogens is 318 g/mol. The number of aryl methyl sites for hydroxylation is 3. The van der Waals surface area contributed by atoms with Gasteiger partial charge < -0.3 is 10.1 Å². The lowest BCUT2D eigenvalue weighted by Gasteiger charge is -2.11. The Kier molecular flexibility index (Phi) is 5.13. The molecular formula is C18H25N5O2. The Morgan fingerprint density at radius 3 is 2.64 bits per heavy atom. The van der Waals surface area contributed by atoms with Gasteiger partial charge in [0.25, 0.3) is 5.95 Å². The maximum absolute atomic E-state index is 12.3. The molecule has 0 spiro atoms. The van der Waals surface area contributed by atoms with Crippen LogP contribution in [0.25, 0.3) is 5.95 Å². The average molecular weight is 343 g/mol. The zero-order valence-electron chi connectivity index (χ0n) is 15.3. The maximum atomic E-state index is 12.3. The first-order valence-corrected chi connectivity index (χ1v) is 8.70. The van der Waals surface area contributed by atoms with Gasteiger partial charge in [0.15, 0.2) is 0 Å². The van der Waals surface area contributed by atoms with Gasteiger partial charge in [-0.15, -0.1) is 0 Å². The lowest BCUT2D eigenvalue weighted by Crippen LogP contribution is -2.33. The molecule has 0 radical (unpaired) electrons. The number of carbonyl (C=O) groups is 1. The second-order valence-electron chi connectivity index (χ2n) is 6.63. The highest BCUT2D eigenvalue weighted by molar-refractivity contribution is 5.79. The first-order chi connectivity index (χ1) is 11.9. The van der Waals surface area contributed by atoms with Crippen LogP contribution in [-0.4, -0.2) is 44.9 Å². The molecule has 1 amide bonds. The van der Waals surface area contributed by atoms with Crippen molar-refractivity contribution in [2.75, 3.05) is 13.2 Å². The summed E-state index contributed by atoms with van der Waals surface area (Å²) in [4.78, 5) is 21.2. The Morgan fingerprint density at radius 1 is 1.28 bits per heavy atom. The van der Waals surface area contributed by atoms with E-state index in [0.29, 0.717) is 18.9 Å². The van der Waals surface area contributed by atoms with E-state index in [1.807, 2.05) is 33.8 Å².